The Balaban J connectivity index is 1.91. The highest BCUT2D eigenvalue weighted by atomic mass is 32.1. The lowest BCUT2D eigenvalue weighted by molar-refractivity contribution is 0.258. The first-order valence-corrected chi connectivity index (χ1v) is 8.03. The predicted octanol–water partition coefficient (Wildman–Crippen LogP) is 5.03. The zero-order valence-corrected chi connectivity index (χ0v) is 12.2. The summed E-state index contributed by atoms with van der Waals surface area (Å²) in [5.74, 6) is 2.59. The van der Waals surface area contributed by atoms with Gasteiger partial charge in [0.25, 0.3) is 0 Å². The third-order valence-electron chi connectivity index (χ3n) is 4.14. The second-order valence-corrected chi connectivity index (χ2v) is 6.67. The van der Waals surface area contributed by atoms with Crippen molar-refractivity contribution in [2.75, 3.05) is 0 Å². The Labute approximate surface area is 110 Å². The minimum atomic E-state index is 0.764. The fourth-order valence-electron chi connectivity index (χ4n) is 2.91. The molecule has 1 heterocycles. The largest absolute Gasteiger partial charge is 0.246 e. The Morgan fingerprint density at radius 1 is 1.29 bits per heavy atom. The van der Waals surface area contributed by atoms with Crippen LogP contribution in [-0.2, 0) is 6.42 Å². The van der Waals surface area contributed by atoms with Crippen LogP contribution < -0.4 is 0 Å². The Bertz CT molecular complexity index is 334. The van der Waals surface area contributed by atoms with Crippen LogP contribution in [0.3, 0.4) is 0 Å². The van der Waals surface area contributed by atoms with E-state index in [1.54, 1.807) is 0 Å². The molecule has 0 unspecified atom stereocenters. The molecule has 0 bridgehead atoms. The van der Waals surface area contributed by atoms with Gasteiger partial charge in [-0.25, -0.2) is 4.98 Å². The molecule has 2 rings (SSSR count). The number of aromatic nitrogens is 1. The van der Waals surface area contributed by atoms with Gasteiger partial charge < -0.3 is 0 Å². The quantitative estimate of drug-likeness (QED) is 0.731. The van der Waals surface area contributed by atoms with E-state index in [9.17, 15) is 0 Å². The van der Waals surface area contributed by atoms with E-state index in [-0.39, 0.29) is 0 Å². The Morgan fingerprint density at radius 3 is 2.59 bits per heavy atom. The lowest BCUT2D eigenvalue weighted by atomic mass is 9.77. The highest BCUT2D eigenvalue weighted by Crippen LogP contribution is 2.39. The molecule has 1 fully saturated rings. The summed E-state index contributed by atoms with van der Waals surface area (Å²) in [7, 11) is 0. The summed E-state index contributed by atoms with van der Waals surface area (Å²) in [5.41, 5.74) is 1.32. The molecule has 1 aromatic rings. The first-order chi connectivity index (χ1) is 8.20. The molecule has 1 aliphatic carbocycles. The van der Waals surface area contributed by atoms with Gasteiger partial charge in [-0.05, 0) is 43.9 Å². The van der Waals surface area contributed by atoms with Crippen molar-refractivity contribution in [1.82, 2.24) is 4.98 Å². The maximum Gasteiger partial charge on any atom is 0.0959 e. The zero-order valence-electron chi connectivity index (χ0n) is 11.4. The molecule has 17 heavy (non-hydrogen) atoms. The number of thiazole rings is 1. The average Bonchev–Trinajstić information content (AvgIpc) is 2.78. The van der Waals surface area contributed by atoms with Crippen molar-refractivity contribution < 1.29 is 0 Å². The molecule has 0 N–H and O–H groups in total. The number of nitrogens with zero attached hydrogens (tertiary/aromatic N) is 1. The van der Waals surface area contributed by atoms with Gasteiger partial charge in [-0.15, -0.1) is 11.3 Å². The van der Waals surface area contributed by atoms with Gasteiger partial charge >= 0.3 is 0 Å². The van der Waals surface area contributed by atoms with Crippen LogP contribution >= 0.6 is 11.3 Å². The molecular weight excluding hydrogens is 226 g/mol. The lowest BCUT2D eigenvalue weighted by Gasteiger charge is -2.29. The maximum absolute atomic E-state index is 4.81. The Hall–Kier alpha value is -0.370. The SMILES string of the molecule is CCCc1csc(C2CCC(C(C)C)CC2)n1. The molecule has 0 spiro atoms. The molecule has 1 saturated carbocycles. The van der Waals surface area contributed by atoms with Gasteiger partial charge in [0.15, 0.2) is 0 Å². The van der Waals surface area contributed by atoms with Crippen LogP contribution in [0.25, 0.3) is 0 Å². The van der Waals surface area contributed by atoms with Crippen molar-refractivity contribution in [3.63, 3.8) is 0 Å². The molecule has 0 saturated heterocycles. The number of aryl methyl sites for hydroxylation is 1. The van der Waals surface area contributed by atoms with Crippen molar-refractivity contribution >= 4 is 11.3 Å². The molecule has 0 radical (unpaired) electrons. The summed E-state index contributed by atoms with van der Waals surface area (Å²) >= 11 is 1.89. The van der Waals surface area contributed by atoms with Gasteiger partial charge in [0, 0.05) is 11.3 Å². The summed E-state index contributed by atoms with van der Waals surface area (Å²) in [4.78, 5) is 4.81. The second kappa shape index (κ2) is 5.99. The maximum atomic E-state index is 4.81. The second-order valence-electron chi connectivity index (χ2n) is 5.78. The molecule has 1 aliphatic rings. The molecule has 2 heteroatoms. The van der Waals surface area contributed by atoms with Crippen LogP contribution in [0.15, 0.2) is 5.38 Å². The van der Waals surface area contributed by atoms with Crippen molar-refractivity contribution in [3.05, 3.63) is 16.1 Å². The van der Waals surface area contributed by atoms with Crippen molar-refractivity contribution in [2.24, 2.45) is 11.8 Å². The molecule has 0 amide bonds. The van der Waals surface area contributed by atoms with Crippen LogP contribution in [-0.4, -0.2) is 4.98 Å². The van der Waals surface area contributed by atoms with Crippen LogP contribution in [0, 0.1) is 11.8 Å². The van der Waals surface area contributed by atoms with Crippen molar-refractivity contribution in [2.45, 2.75) is 65.2 Å². The summed E-state index contributed by atoms with van der Waals surface area (Å²) < 4.78 is 0. The highest BCUT2D eigenvalue weighted by Gasteiger charge is 2.25. The summed E-state index contributed by atoms with van der Waals surface area (Å²) in [6, 6.07) is 0. The minimum absolute atomic E-state index is 0.764. The van der Waals surface area contributed by atoms with Crippen molar-refractivity contribution in [3.8, 4) is 0 Å². The number of hydrogen-bond donors (Lipinski definition) is 0. The number of hydrogen-bond acceptors (Lipinski definition) is 2. The zero-order chi connectivity index (χ0) is 12.3. The molecular formula is C15H25NS. The molecule has 0 aliphatic heterocycles. The van der Waals surface area contributed by atoms with Crippen LogP contribution in [0.5, 0.6) is 0 Å². The number of rotatable bonds is 4. The predicted molar refractivity (Wildman–Crippen MR) is 75.6 cm³/mol. The molecule has 1 aromatic heterocycles. The van der Waals surface area contributed by atoms with Gasteiger partial charge in [0.2, 0.25) is 0 Å². The van der Waals surface area contributed by atoms with Gasteiger partial charge in [-0.3, -0.25) is 0 Å². The topological polar surface area (TPSA) is 12.9 Å². The van der Waals surface area contributed by atoms with Crippen LogP contribution in [0.4, 0.5) is 0 Å². The van der Waals surface area contributed by atoms with E-state index in [1.165, 1.54) is 42.8 Å². The Kier molecular flexibility index (Phi) is 4.61. The average molecular weight is 251 g/mol. The first-order valence-electron chi connectivity index (χ1n) is 7.15. The van der Waals surface area contributed by atoms with Crippen molar-refractivity contribution in [1.29, 1.82) is 0 Å². The van der Waals surface area contributed by atoms with Crippen LogP contribution in [0.2, 0.25) is 0 Å². The van der Waals surface area contributed by atoms with Gasteiger partial charge in [-0.1, -0.05) is 27.2 Å². The summed E-state index contributed by atoms with van der Waals surface area (Å²) in [6.07, 6.45) is 7.90. The van der Waals surface area contributed by atoms with E-state index in [2.05, 4.69) is 26.2 Å². The standard InChI is InChI=1S/C15H25NS/c1-4-5-14-10-17-15(16-14)13-8-6-12(7-9-13)11(2)3/h10-13H,4-9H2,1-3H3. The van der Waals surface area contributed by atoms with E-state index < -0.39 is 0 Å². The van der Waals surface area contributed by atoms with E-state index in [0.717, 1.165) is 24.2 Å². The molecule has 0 aromatic carbocycles. The fraction of sp³-hybridized carbons (Fsp3) is 0.800. The highest BCUT2D eigenvalue weighted by molar-refractivity contribution is 7.09. The van der Waals surface area contributed by atoms with E-state index >= 15 is 0 Å². The fourth-order valence-corrected chi connectivity index (χ4v) is 3.94. The summed E-state index contributed by atoms with van der Waals surface area (Å²) in [6.45, 7) is 6.97. The van der Waals surface area contributed by atoms with E-state index in [1.807, 2.05) is 11.3 Å². The normalized spacial score (nSPS) is 25.4. The monoisotopic (exact) mass is 251 g/mol. The van der Waals surface area contributed by atoms with Gasteiger partial charge in [-0.2, -0.15) is 0 Å². The Morgan fingerprint density at radius 2 is 2.00 bits per heavy atom. The third-order valence-corrected chi connectivity index (χ3v) is 5.20. The lowest BCUT2D eigenvalue weighted by Crippen LogP contribution is -2.17. The van der Waals surface area contributed by atoms with Gasteiger partial charge in [0.05, 0.1) is 10.7 Å². The molecule has 0 atom stereocenters. The van der Waals surface area contributed by atoms with E-state index in [0.29, 0.717) is 0 Å². The third kappa shape index (κ3) is 3.31. The molecule has 96 valence electrons. The van der Waals surface area contributed by atoms with Gasteiger partial charge in [0.1, 0.15) is 0 Å². The smallest absolute Gasteiger partial charge is 0.0959 e. The molecule has 1 nitrogen and oxygen atoms in total. The van der Waals surface area contributed by atoms with E-state index in [4.69, 9.17) is 4.98 Å². The first kappa shape index (κ1) is 13.1. The van der Waals surface area contributed by atoms with Crippen LogP contribution in [0.1, 0.15) is 69.5 Å². The minimum Gasteiger partial charge on any atom is -0.246 e. The summed E-state index contributed by atoms with van der Waals surface area (Å²) in [5, 5.41) is 3.68.